The van der Waals surface area contributed by atoms with E-state index in [1.165, 1.54) is 11.3 Å². The lowest BCUT2D eigenvalue weighted by atomic mass is 10.1. The molecule has 0 fully saturated rings. The standard InChI is InChI=1S/C18H28N6O.HI/c1-12(10-16-13(2)23-24(5)14(16)3)22-18(19-4)21-11-15-8-7-9-20-17(15)25-6;/h7-9,12H,10-11H2,1-6H3,(H2,19,21,22);1H. The number of methoxy groups -OCH3 is 1. The number of hydrogen-bond donors (Lipinski definition) is 2. The molecule has 0 aliphatic carbocycles. The SMILES string of the molecule is CN=C(NCc1cccnc1OC)NC(C)Cc1c(C)nn(C)c1C.I. The molecule has 7 nitrogen and oxygen atoms in total. The Hall–Kier alpha value is -1.84. The van der Waals surface area contributed by atoms with Gasteiger partial charge in [0.2, 0.25) is 5.88 Å². The topological polar surface area (TPSA) is 76.4 Å². The van der Waals surface area contributed by atoms with Crippen LogP contribution in [-0.2, 0) is 20.0 Å². The lowest BCUT2D eigenvalue weighted by Gasteiger charge is -2.18. The predicted molar refractivity (Wildman–Crippen MR) is 115 cm³/mol. The van der Waals surface area contributed by atoms with Crippen molar-refractivity contribution in [3.05, 3.63) is 40.8 Å². The molecule has 26 heavy (non-hydrogen) atoms. The fourth-order valence-electron chi connectivity index (χ4n) is 2.82. The molecule has 0 saturated carbocycles. The van der Waals surface area contributed by atoms with E-state index in [9.17, 15) is 0 Å². The maximum Gasteiger partial charge on any atom is 0.218 e. The lowest BCUT2D eigenvalue weighted by Crippen LogP contribution is -2.42. The Labute approximate surface area is 172 Å². The maximum absolute atomic E-state index is 5.28. The normalized spacial score (nSPS) is 12.3. The van der Waals surface area contributed by atoms with Crippen LogP contribution in [0.3, 0.4) is 0 Å². The molecule has 8 heteroatoms. The van der Waals surface area contributed by atoms with E-state index < -0.39 is 0 Å². The Balaban J connectivity index is 0.00000338. The van der Waals surface area contributed by atoms with Crippen LogP contribution in [0.2, 0.25) is 0 Å². The van der Waals surface area contributed by atoms with Gasteiger partial charge >= 0.3 is 0 Å². The minimum Gasteiger partial charge on any atom is -0.481 e. The van der Waals surface area contributed by atoms with Gasteiger partial charge in [-0.25, -0.2) is 4.98 Å². The molecule has 2 aromatic rings. The zero-order chi connectivity index (χ0) is 18.4. The van der Waals surface area contributed by atoms with Crippen molar-refractivity contribution in [3.63, 3.8) is 0 Å². The van der Waals surface area contributed by atoms with Crippen molar-refractivity contribution in [2.75, 3.05) is 14.2 Å². The van der Waals surface area contributed by atoms with Crippen molar-refractivity contribution in [1.82, 2.24) is 25.4 Å². The summed E-state index contributed by atoms with van der Waals surface area (Å²) in [5.74, 6) is 1.37. The molecule has 144 valence electrons. The van der Waals surface area contributed by atoms with Crippen LogP contribution in [0, 0.1) is 13.8 Å². The fourth-order valence-corrected chi connectivity index (χ4v) is 2.82. The summed E-state index contributed by atoms with van der Waals surface area (Å²) in [7, 11) is 5.37. The number of aryl methyl sites for hydroxylation is 2. The molecule has 2 rings (SSSR count). The summed E-state index contributed by atoms with van der Waals surface area (Å²) in [5.41, 5.74) is 4.55. The Morgan fingerprint density at radius 2 is 2.12 bits per heavy atom. The molecule has 1 unspecified atom stereocenters. The smallest absolute Gasteiger partial charge is 0.218 e. The Morgan fingerprint density at radius 1 is 1.38 bits per heavy atom. The number of nitrogens with one attached hydrogen (secondary N) is 2. The highest BCUT2D eigenvalue weighted by Gasteiger charge is 2.14. The number of pyridine rings is 1. The van der Waals surface area contributed by atoms with Crippen LogP contribution in [0.25, 0.3) is 0 Å². The van der Waals surface area contributed by atoms with E-state index in [0.717, 1.165) is 23.6 Å². The molecule has 0 aliphatic rings. The molecule has 0 radical (unpaired) electrons. The van der Waals surface area contributed by atoms with E-state index in [1.807, 2.05) is 23.9 Å². The van der Waals surface area contributed by atoms with Crippen LogP contribution < -0.4 is 15.4 Å². The fraction of sp³-hybridized carbons (Fsp3) is 0.500. The van der Waals surface area contributed by atoms with Crippen LogP contribution >= 0.6 is 24.0 Å². The van der Waals surface area contributed by atoms with E-state index >= 15 is 0 Å². The largest absolute Gasteiger partial charge is 0.481 e. The minimum absolute atomic E-state index is 0. The van der Waals surface area contributed by atoms with E-state index in [1.54, 1.807) is 20.4 Å². The van der Waals surface area contributed by atoms with Gasteiger partial charge in [-0.05, 0) is 38.8 Å². The monoisotopic (exact) mass is 472 g/mol. The molecule has 2 N–H and O–H groups in total. The van der Waals surface area contributed by atoms with Crippen LogP contribution in [0.1, 0.15) is 29.4 Å². The Kier molecular flexibility index (Phi) is 8.83. The summed E-state index contributed by atoms with van der Waals surface area (Å²) < 4.78 is 7.21. The van der Waals surface area contributed by atoms with Gasteiger partial charge in [-0.3, -0.25) is 9.67 Å². The highest BCUT2D eigenvalue weighted by Crippen LogP contribution is 2.14. The third-order valence-electron chi connectivity index (χ3n) is 4.27. The van der Waals surface area contributed by atoms with Gasteiger partial charge in [0.1, 0.15) is 0 Å². The van der Waals surface area contributed by atoms with Gasteiger partial charge in [-0.1, -0.05) is 6.07 Å². The van der Waals surface area contributed by atoms with Gasteiger partial charge in [-0.2, -0.15) is 5.10 Å². The van der Waals surface area contributed by atoms with Crippen molar-refractivity contribution in [2.24, 2.45) is 12.0 Å². The van der Waals surface area contributed by atoms with Crippen LogP contribution in [0.4, 0.5) is 0 Å². The third kappa shape index (κ3) is 5.58. The third-order valence-corrected chi connectivity index (χ3v) is 4.27. The quantitative estimate of drug-likeness (QED) is 0.384. The van der Waals surface area contributed by atoms with Gasteiger partial charge in [0.25, 0.3) is 0 Å². The van der Waals surface area contributed by atoms with Crippen molar-refractivity contribution >= 4 is 29.9 Å². The maximum atomic E-state index is 5.28. The van der Waals surface area contributed by atoms with Crippen LogP contribution in [0.5, 0.6) is 5.88 Å². The number of aromatic nitrogens is 3. The molecular formula is C18H29IN6O. The number of nitrogens with zero attached hydrogens (tertiary/aromatic N) is 4. The van der Waals surface area contributed by atoms with Gasteiger partial charge in [0.05, 0.1) is 12.8 Å². The first kappa shape index (κ1) is 22.2. The lowest BCUT2D eigenvalue weighted by molar-refractivity contribution is 0.392. The predicted octanol–water partition coefficient (Wildman–Crippen LogP) is 2.35. The summed E-state index contributed by atoms with van der Waals surface area (Å²) in [6.07, 6.45) is 2.61. The molecule has 0 aliphatic heterocycles. The first-order valence-corrected chi connectivity index (χ1v) is 8.40. The molecular weight excluding hydrogens is 443 g/mol. The zero-order valence-corrected chi connectivity index (χ0v) is 18.7. The summed E-state index contributed by atoms with van der Waals surface area (Å²) in [6.45, 7) is 6.89. The number of rotatable bonds is 6. The average molecular weight is 472 g/mol. The molecule has 1 atom stereocenters. The second-order valence-corrected chi connectivity index (χ2v) is 6.12. The van der Waals surface area contributed by atoms with E-state index in [4.69, 9.17) is 4.74 Å². The molecule has 0 bridgehead atoms. The van der Waals surface area contributed by atoms with Crippen LogP contribution in [0.15, 0.2) is 23.3 Å². The number of hydrogen-bond acceptors (Lipinski definition) is 4. The molecule has 0 saturated heterocycles. The van der Waals surface area contributed by atoms with Crippen molar-refractivity contribution < 1.29 is 4.74 Å². The highest BCUT2D eigenvalue weighted by atomic mass is 127. The summed E-state index contributed by atoms with van der Waals surface area (Å²) in [5, 5.41) is 11.2. The first-order chi connectivity index (χ1) is 12.0. The van der Waals surface area contributed by atoms with Crippen molar-refractivity contribution in [2.45, 2.75) is 39.8 Å². The van der Waals surface area contributed by atoms with Crippen LogP contribution in [-0.4, -0.2) is 40.9 Å². The number of guanidine groups is 1. The number of halogens is 1. The van der Waals surface area contributed by atoms with E-state index in [-0.39, 0.29) is 30.0 Å². The second kappa shape index (κ2) is 10.3. The molecule has 2 heterocycles. The van der Waals surface area contributed by atoms with Gasteiger partial charge in [-0.15, -0.1) is 24.0 Å². The van der Waals surface area contributed by atoms with Crippen molar-refractivity contribution in [3.8, 4) is 5.88 Å². The highest BCUT2D eigenvalue weighted by molar-refractivity contribution is 14.0. The summed E-state index contributed by atoms with van der Waals surface area (Å²) >= 11 is 0. The first-order valence-electron chi connectivity index (χ1n) is 8.40. The van der Waals surface area contributed by atoms with Crippen molar-refractivity contribution in [1.29, 1.82) is 0 Å². The van der Waals surface area contributed by atoms with Gasteiger partial charge in [0, 0.05) is 44.1 Å². The molecule has 0 spiro atoms. The van der Waals surface area contributed by atoms with E-state index in [0.29, 0.717) is 12.4 Å². The summed E-state index contributed by atoms with van der Waals surface area (Å²) in [6, 6.07) is 4.10. The Morgan fingerprint density at radius 3 is 2.69 bits per heavy atom. The van der Waals surface area contributed by atoms with E-state index in [2.05, 4.69) is 46.5 Å². The summed E-state index contributed by atoms with van der Waals surface area (Å²) in [4.78, 5) is 8.51. The number of aliphatic imine (C=N–C) groups is 1. The number of ether oxygens (including phenoxy) is 1. The Bertz CT molecular complexity index is 743. The van der Waals surface area contributed by atoms with Gasteiger partial charge in [0.15, 0.2) is 5.96 Å². The molecule has 0 amide bonds. The van der Waals surface area contributed by atoms with Gasteiger partial charge < -0.3 is 15.4 Å². The second-order valence-electron chi connectivity index (χ2n) is 6.12. The molecule has 0 aromatic carbocycles. The molecule has 2 aromatic heterocycles. The zero-order valence-electron chi connectivity index (χ0n) is 16.3. The average Bonchev–Trinajstić information content (AvgIpc) is 2.85. The minimum atomic E-state index is 0.